The second kappa shape index (κ2) is 4.50. The van der Waals surface area contributed by atoms with Crippen LogP contribution in [0.15, 0.2) is 18.2 Å². The van der Waals surface area contributed by atoms with Crippen LogP contribution in [-0.4, -0.2) is 12.5 Å². The maximum absolute atomic E-state index is 10.5. The van der Waals surface area contributed by atoms with Gasteiger partial charge in [-0.3, -0.25) is 4.79 Å². The number of hydrogen-bond acceptors (Lipinski definition) is 3. The lowest BCUT2D eigenvalue weighted by Gasteiger charge is -2.07. The Hall–Kier alpha value is -1.71. The number of aryl methyl sites for hydroxylation is 1. The number of hydrogen-bond donors (Lipinski definition) is 3. The Morgan fingerprint density at radius 1 is 1.50 bits per heavy atom. The summed E-state index contributed by atoms with van der Waals surface area (Å²) < 4.78 is 0. The molecule has 0 saturated carbocycles. The molecule has 0 atom stereocenters. The van der Waals surface area contributed by atoms with E-state index in [4.69, 9.17) is 11.5 Å². The summed E-state index contributed by atoms with van der Waals surface area (Å²) in [7, 11) is 0. The van der Waals surface area contributed by atoms with Gasteiger partial charge in [-0.05, 0) is 30.7 Å². The van der Waals surface area contributed by atoms with Crippen LogP contribution in [-0.2, 0) is 4.79 Å². The molecule has 1 aromatic carbocycles. The summed E-state index contributed by atoms with van der Waals surface area (Å²) in [4.78, 5) is 10.5. The van der Waals surface area contributed by atoms with Crippen LogP contribution in [0, 0.1) is 6.92 Å². The summed E-state index contributed by atoms with van der Waals surface area (Å²) in [5.74, 6) is -0.301. The van der Waals surface area contributed by atoms with Crippen LogP contribution >= 0.6 is 0 Å². The molecule has 0 bridgehead atoms. The summed E-state index contributed by atoms with van der Waals surface area (Å²) in [5.41, 5.74) is 13.4. The van der Waals surface area contributed by atoms with Crippen molar-refractivity contribution in [3.05, 3.63) is 23.8 Å². The lowest BCUT2D eigenvalue weighted by atomic mass is 10.2. The van der Waals surface area contributed by atoms with Crippen molar-refractivity contribution in [3.63, 3.8) is 0 Å². The second-order valence-corrected chi connectivity index (χ2v) is 3.21. The van der Waals surface area contributed by atoms with Crippen molar-refractivity contribution in [1.82, 2.24) is 0 Å². The van der Waals surface area contributed by atoms with Gasteiger partial charge in [-0.15, -0.1) is 0 Å². The van der Waals surface area contributed by atoms with E-state index in [1.165, 1.54) is 0 Å². The van der Waals surface area contributed by atoms with Gasteiger partial charge >= 0.3 is 0 Å². The molecule has 0 aliphatic carbocycles. The SMILES string of the molecule is Cc1cc(NCCC(N)=O)ccc1N. The molecular formula is C10H15N3O. The van der Waals surface area contributed by atoms with E-state index in [1.807, 2.05) is 25.1 Å². The molecule has 0 heterocycles. The molecule has 0 radical (unpaired) electrons. The molecule has 0 aromatic heterocycles. The summed E-state index contributed by atoms with van der Waals surface area (Å²) in [6.45, 7) is 2.49. The largest absolute Gasteiger partial charge is 0.399 e. The number of amides is 1. The van der Waals surface area contributed by atoms with Gasteiger partial charge in [0.1, 0.15) is 0 Å². The molecule has 76 valence electrons. The Bertz CT molecular complexity index is 336. The fourth-order valence-electron chi connectivity index (χ4n) is 1.12. The zero-order valence-corrected chi connectivity index (χ0v) is 8.21. The average molecular weight is 193 g/mol. The maximum atomic E-state index is 10.5. The number of nitrogens with two attached hydrogens (primary N) is 2. The monoisotopic (exact) mass is 193 g/mol. The number of rotatable bonds is 4. The number of nitrogens with one attached hydrogen (secondary N) is 1. The predicted molar refractivity (Wildman–Crippen MR) is 57.9 cm³/mol. The Kier molecular flexibility index (Phi) is 3.34. The van der Waals surface area contributed by atoms with Crippen LogP contribution in [0.2, 0.25) is 0 Å². The molecule has 0 spiro atoms. The van der Waals surface area contributed by atoms with Gasteiger partial charge in [-0.1, -0.05) is 0 Å². The van der Waals surface area contributed by atoms with Gasteiger partial charge in [0.2, 0.25) is 5.91 Å². The predicted octanol–water partition coefficient (Wildman–Crippen LogP) is 0.865. The van der Waals surface area contributed by atoms with Crippen LogP contribution in [0.25, 0.3) is 0 Å². The van der Waals surface area contributed by atoms with Gasteiger partial charge in [-0.25, -0.2) is 0 Å². The summed E-state index contributed by atoms with van der Waals surface area (Å²) in [6, 6.07) is 5.65. The van der Waals surface area contributed by atoms with E-state index in [1.54, 1.807) is 0 Å². The van der Waals surface area contributed by atoms with E-state index in [-0.39, 0.29) is 5.91 Å². The average Bonchev–Trinajstić information content (AvgIpc) is 2.10. The molecular weight excluding hydrogens is 178 g/mol. The van der Waals surface area contributed by atoms with E-state index in [9.17, 15) is 4.79 Å². The van der Waals surface area contributed by atoms with Gasteiger partial charge in [0, 0.05) is 24.3 Å². The first-order chi connectivity index (χ1) is 6.59. The van der Waals surface area contributed by atoms with E-state index in [0.29, 0.717) is 13.0 Å². The molecule has 1 aromatic rings. The molecule has 4 nitrogen and oxygen atoms in total. The van der Waals surface area contributed by atoms with Crippen LogP contribution in [0.4, 0.5) is 11.4 Å². The van der Waals surface area contributed by atoms with E-state index >= 15 is 0 Å². The third-order valence-corrected chi connectivity index (χ3v) is 1.97. The third kappa shape index (κ3) is 2.97. The van der Waals surface area contributed by atoms with Gasteiger partial charge in [0.15, 0.2) is 0 Å². The Morgan fingerprint density at radius 3 is 2.79 bits per heavy atom. The minimum absolute atomic E-state index is 0.301. The molecule has 1 amide bonds. The molecule has 0 fully saturated rings. The van der Waals surface area contributed by atoms with Crippen molar-refractivity contribution in [2.45, 2.75) is 13.3 Å². The first-order valence-electron chi connectivity index (χ1n) is 4.48. The highest BCUT2D eigenvalue weighted by atomic mass is 16.1. The van der Waals surface area contributed by atoms with Crippen LogP contribution in [0.3, 0.4) is 0 Å². The fourth-order valence-corrected chi connectivity index (χ4v) is 1.12. The zero-order valence-electron chi connectivity index (χ0n) is 8.21. The molecule has 0 aliphatic heterocycles. The summed E-state index contributed by atoms with van der Waals surface area (Å²) in [6.07, 6.45) is 0.337. The number of carbonyl (C=O) groups is 1. The molecule has 4 heteroatoms. The van der Waals surface area contributed by atoms with Crippen LogP contribution in [0.1, 0.15) is 12.0 Å². The van der Waals surface area contributed by atoms with Crippen LogP contribution < -0.4 is 16.8 Å². The molecule has 14 heavy (non-hydrogen) atoms. The summed E-state index contributed by atoms with van der Waals surface area (Å²) in [5, 5.41) is 3.09. The number of carbonyl (C=O) groups excluding carboxylic acids is 1. The molecule has 5 N–H and O–H groups in total. The molecule has 0 saturated heterocycles. The number of nitrogen functional groups attached to an aromatic ring is 1. The highest BCUT2D eigenvalue weighted by Crippen LogP contribution is 2.16. The van der Waals surface area contributed by atoms with Crippen molar-refractivity contribution in [1.29, 1.82) is 0 Å². The van der Waals surface area contributed by atoms with E-state index in [2.05, 4.69) is 5.32 Å². The Labute approximate surface area is 83.3 Å². The quantitative estimate of drug-likeness (QED) is 0.620. The number of benzene rings is 1. The van der Waals surface area contributed by atoms with Crippen molar-refractivity contribution in [2.75, 3.05) is 17.6 Å². The van der Waals surface area contributed by atoms with Crippen molar-refractivity contribution < 1.29 is 4.79 Å². The highest BCUT2D eigenvalue weighted by Gasteiger charge is 1.97. The normalized spacial score (nSPS) is 9.79. The standard InChI is InChI=1S/C10H15N3O/c1-7-6-8(2-3-9(7)11)13-5-4-10(12)14/h2-3,6,13H,4-5,11H2,1H3,(H2,12,14). The zero-order chi connectivity index (χ0) is 10.6. The first kappa shape index (κ1) is 10.4. The van der Waals surface area contributed by atoms with Gasteiger partial charge in [0.05, 0.1) is 0 Å². The van der Waals surface area contributed by atoms with Gasteiger partial charge in [0.25, 0.3) is 0 Å². The fraction of sp³-hybridized carbons (Fsp3) is 0.300. The Morgan fingerprint density at radius 2 is 2.21 bits per heavy atom. The second-order valence-electron chi connectivity index (χ2n) is 3.21. The van der Waals surface area contributed by atoms with Gasteiger partial charge < -0.3 is 16.8 Å². The first-order valence-corrected chi connectivity index (χ1v) is 4.48. The Balaban J connectivity index is 2.51. The van der Waals surface area contributed by atoms with E-state index in [0.717, 1.165) is 16.9 Å². The third-order valence-electron chi connectivity index (χ3n) is 1.97. The lowest BCUT2D eigenvalue weighted by Crippen LogP contribution is -2.15. The minimum Gasteiger partial charge on any atom is -0.399 e. The van der Waals surface area contributed by atoms with Gasteiger partial charge in [-0.2, -0.15) is 0 Å². The molecule has 0 unspecified atom stereocenters. The topological polar surface area (TPSA) is 81.1 Å². The molecule has 1 rings (SSSR count). The summed E-state index contributed by atoms with van der Waals surface area (Å²) >= 11 is 0. The van der Waals surface area contributed by atoms with Crippen molar-refractivity contribution in [2.24, 2.45) is 5.73 Å². The van der Waals surface area contributed by atoms with Crippen molar-refractivity contribution in [3.8, 4) is 0 Å². The van der Waals surface area contributed by atoms with Crippen LogP contribution in [0.5, 0.6) is 0 Å². The smallest absolute Gasteiger partial charge is 0.219 e. The number of primary amides is 1. The minimum atomic E-state index is -0.301. The van der Waals surface area contributed by atoms with E-state index < -0.39 is 0 Å². The van der Waals surface area contributed by atoms with Crippen molar-refractivity contribution >= 4 is 17.3 Å². The lowest BCUT2D eigenvalue weighted by molar-refractivity contribution is -0.117. The number of anilines is 2. The highest BCUT2D eigenvalue weighted by molar-refractivity contribution is 5.74. The molecule has 0 aliphatic rings. The maximum Gasteiger partial charge on any atom is 0.219 e.